The number of carbonyl (C=O) groups excluding carboxylic acids is 2. The molecular weight excluding hydrogens is 356 g/mol. The molecule has 1 atom stereocenters. The summed E-state index contributed by atoms with van der Waals surface area (Å²) in [6.07, 6.45) is 0.543. The monoisotopic (exact) mass is 372 g/mol. The van der Waals surface area contributed by atoms with Gasteiger partial charge in [-0.1, -0.05) is 40.2 Å². The Hall–Kier alpha value is -2.14. The molecular formula is C18H17BrN2O2. The molecule has 3 rings (SSSR count). The Balaban J connectivity index is 2.01. The molecule has 1 aliphatic heterocycles. The van der Waals surface area contributed by atoms with Crippen molar-refractivity contribution in [2.45, 2.75) is 19.4 Å². The fourth-order valence-electron chi connectivity index (χ4n) is 2.90. The lowest BCUT2D eigenvalue weighted by Crippen LogP contribution is -2.48. The molecule has 1 aliphatic rings. The van der Waals surface area contributed by atoms with Gasteiger partial charge in [0.25, 0.3) is 5.91 Å². The number of fused-ring (bicyclic) bond motifs is 1. The molecule has 2 amide bonds. The molecule has 23 heavy (non-hydrogen) atoms. The Bertz CT molecular complexity index is 760. The normalized spacial score (nSPS) is 16.1. The molecule has 1 unspecified atom stereocenters. The van der Waals surface area contributed by atoms with Crippen molar-refractivity contribution in [1.82, 2.24) is 5.32 Å². The first-order valence-electron chi connectivity index (χ1n) is 7.56. The second-order valence-electron chi connectivity index (χ2n) is 5.43. The number of hydrogen-bond acceptors (Lipinski definition) is 2. The summed E-state index contributed by atoms with van der Waals surface area (Å²) < 4.78 is 0.838. The third-order valence-electron chi connectivity index (χ3n) is 3.92. The summed E-state index contributed by atoms with van der Waals surface area (Å²) in [6.45, 7) is 2.42. The predicted octanol–water partition coefficient (Wildman–Crippen LogP) is 3.16. The lowest BCUT2D eigenvalue weighted by molar-refractivity contribution is -0.122. The van der Waals surface area contributed by atoms with E-state index in [1.165, 1.54) is 0 Å². The molecule has 118 valence electrons. The maximum Gasteiger partial charge on any atom is 0.259 e. The van der Waals surface area contributed by atoms with E-state index in [2.05, 4.69) is 21.2 Å². The number of anilines is 1. The fourth-order valence-corrected chi connectivity index (χ4v) is 3.30. The van der Waals surface area contributed by atoms with Gasteiger partial charge in [0.15, 0.2) is 0 Å². The van der Waals surface area contributed by atoms with Crippen LogP contribution in [0.1, 0.15) is 22.8 Å². The molecule has 0 saturated heterocycles. The summed E-state index contributed by atoms with van der Waals surface area (Å²) in [4.78, 5) is 27.0. The van der Waals surface area contributed by atoms with E-state index >= 15 is 0 Å². The number of hydrogen-bond donors (Lipinski definition) is 1. The van der Waals surface area contributed by atoms with E-state index in [1.54, 1.807) is 17.0 Å². The van der Waals surface area contributed by atoms with E-state index in [4.69, 9.17) is 0 Å². The third-order valence-corrected chi connectivity index (χ3v) is 4.41. The summed E-state index contributed by atoms with van der Waals surface area (Å²) in [5.41, 5.74) is 2.39. The van der Waals surface area contributed by atoms with Crippen LogP contribution >= 0.6 is 15.9 Å². The summed E-state index contributed by atoms with van der Waals surface area (Å²) in [5.74, 6) is -0.278. The molecule has 0 aliphatic carbocycles. The van der Waals surface area contributed by atoms with Crippen LogP contribution in [0.2, 0.25) is 0 Å². The van der Waals surface area contributed by atoms with Gasteiger partial charge in [0, 0.05) is 28.7 Å². The summed E-state index contributed by atoms with van der Waals surface area (Å²) in [6, 6.07) is 14.4. The van der Waals surface area contributed by atoms with E-state index in [0.717, 1.165) is 15.7 Å². The van der Waals surface area contributed by atoms with Gasteiger partial charge in [0.2, 0.25) is 5.91 Å². The number of amides is 2. The molecule has 4 nitrogen and oxygen atoms in total. The van der Waals surface area contributed by atoms with E-state index in [1.807, 2.05) is 43.3 Å². The van der Waals surface area contributed by atoms with Gasteiger partial charge in [-0.15, -0.1) is 0 Å². The van der Waals surface area contributed by atoms with Gasteiger partial charge in [-0.05, 0) is 36.8 Å². The van der Waals surface area contributed by atoms with Crippen LogP contribution in [0.4, 0.5) is 5.69 Å². The SMILES string of the molecule is CCNC(=O)C1Cc2ccccc2N1C(=O)c1cccc(Br)c1. The van der Waals surface area contributed by atoms with Crippen LogP contribution in [0.5, 0.6) is 0 Å². The zero-order valence-corrected chi connectivity index (χ0v) is 14.3. The van der Waals surface area contributed by atoms with Crippen LogP contribution in [0.15, 0.2) is 53.0 Å². The number of halogens is 1. The van der Waals surface area contributed by atoms with Gasteiger partial charge in [-0.25, -0.2) is 0 Å². The van der Waals surface area contributed by atoms with Gasteiger partial charge in [0.05, 0.1) is 0 Å². The summed E-state index contributed by atoms with van der Waals surface area (Å²) in [5, 5.41) is 2.83. The molecule has 1 N–H and O–H groups in total. The highest BCUT2D eigenvalue weighted by molar-refractivity contribution is 9.10. The van der Waals surface area contributed by atoms with Crippen LogP contribution < -0.4 is 10.2 Å². The minimum absolute atomic E-state index is 0.118. The molecule has 0 aromatic heterocycles. The molecule has 0 fully saturated rings. The lowest BCUT2D eigenvalue weighted by atomic mass is 10.1. The third kappa shape index (κ3) is 3.01. The average Bonchev–Trinajstić information content (AvgIpc) is 2.94. The van der Waals surface area contributed by atoms with Gasteiger partial charge >= 0.3 is 0 Å². The zero-order valence-electron chi connectivity index (χ0n) is 12.8. The number of nitrogens with zero attached hydrogens (tertiary/aromatic N) is 1. The van der Waals surface area contributed by atoms with Crippen molar-refractivity contribution >= 4 is 33.4 Å². The van der Waals surface area contributed by atoms with Crippen molar-refractivity contribution in [3.05, 3.63) is 64.1 Å². The average molecular weight is 373 g/mol. The van der Waals surface area contributed by atoms with Gasteiger partial charge in [0.1, 0.15) is 6.04 Å². The van der Waals surface area contributed by atoms with Crippen molar-refractivity contribution in [3.63, 3.8) is 0 Å². The van der Waals surface area contributed by atoms with Crippen molar-refractivity contribution < 1.29 is 9.59 Å². The van der Waals surface area contributed by atoms with Gasteiger partial charge < -0.3 is 5.32 Å². The summed E-state index contributed by atoms with van der Waals surface area (Å²) >= 11 is 3.39. The minimum atomic E-state index is -0.501. The first-order chi connectivity index (χ1) is 11.1. The quantitative estimate of drug-likeness (QED) is 0.899. The van der Waals surface area contributed by atoms with Crippen LogP contribution in [-0.2, 0) is 11.2 Å². The Morgan fingerprint density at radius 3 is 2.74 bits per heavy atom. The van der Waals surface area contributed by atoms with Gasteiger partial charge in [-0.2, -0.15) is 0 Å². The molecule has 2 aromatic carbocycles. The van der Waals surface area contributed by atoms with Crippen molar-refractivity contribution in [2.75, 3.05) is 11.4 Å². The second-order valence-corrected chi connectivity index (χ2v) is 6.34. The zero-order chi connectivity index (χ0) is 16.4. The number of likely N-dealkylation sites (N-methyl/N-ethyl adjacent to an activating group) is 1. The molecule has 0 spiro atoms. The highest BCUT2D eigenvalue weighted by Crippen LogP contribution is 2.33. The fraction of sp³-hybridized carbons (Fsp3) is 0.222. The highest BCUT2D eigenvalue weighted by Gasteiger charge is 2.38. The minimum Gasteiger partial charge on any atom is -0.355 e. The van der Waals surface area contributed by atoms with Crippen LogP contribution in [0.25, 0.3) is 0 Å². The van der Waals surface area contributed by atoms with Crippen LogP contribution in [0, 0.1) is 0 Å². The van der Waals surface area contributed by atoms with E-state index in [0.29, 0.717) is 18.5 Å². The Morgan fingerprint density at radius 1 is 1.22 bits per heavy atom. The number of para-hydroxylation sites is 1. The topological polar surface area (TPSA) is 49.4 Å². The maximum atomic E-state index is 13.0. The first kappa shape index (κ1) is 15.7. The maximum absolute atomic E-state index is 13.0. The number of benzene rings is 2. The molecule has 0 bridgehead atoms. The number of carbonyl (C=O) groups is 2. The van der Waals surface area contributed by atoms with Crippen LogP contribution in [0.3, 0.4) is 0 Å². The van der Waals surface area contributed by atoms with Crippen molar-refractivity contribution in [2.24, 2.45) is 0 Å². The smallest absolute Gasteiger partial charge is 0.259 e. The Labute approximate surface area is 143 Å². The standard InChI is InChI=1S/C18H17BrN2O2/c1-2-20-17(22)16-11-12-6-3-4-9-15(12)21(16)18(23)13-7-5-8-14(19)10-13/h3-10,16H,2,11H2,1H3,(H,20,22). The Morgan fingerprint density at radius 2 is 2.00 bits per heavy atom. The molecule has 0 saturated carbocycles. The first-order valence-corrected chi connectivity index (χ1v) is 8.36. The molecule has 5 heteroatoms. The lowest BCUT2D eigenvalue weighted by Gasteiger charge is -2.25. The van der Waals surface area contributed by atoms with Gasteiger partial charge in [-0.3, -0.25) is 14.5 Å². The van der Waals surface area contributed by atoms with Crippen LogP contribution in [-0.4, -0.2) is 24.4 Å². The van der Waals surface area contributed by atoms with E-state index in [-0.39, 0.29) is 11.8 Å². The largest absolute Gasteiger partial charge is 0.355 e. The van der Waals surface area contributed by atoms with Crippen molar-refractivity contribution in [3.8, 4) is 0 Å². The molecule has 2 aromatic rings. The van der Waals surface area contributed by atoms with Crippen molar-refractivity contribution in [1.29, 1.82) is 0 Å². The highest BCUT2D eigenvalue weighted by atomic mass is 79.9. The molecule has 0 radical (unpaired) electrons. The summed E-state index contributed by atoms with van der Waals surface area (Å²) in [7, 11) is 0. The number of rotatable bonds is 3. The predicted molar refractivity (Wildman–Crippen MR) is 93.6 cm³/mol. The van der Waals surface area contributed by atoms with E-state index in [9.17, 15) is 9.59 Å². The number of nitrogens with one attached hydrogen (secondary N) is 1. The van der Waals surface area contributed by atoms with E-state index < -0.39 is 6.04 Å². The Kier molecular flexibility index (Phi) is 4.48. The second kappa shape index (κ2) is 6.54. The molecule has 1 heterocycles.